The topological polar surface area (TPSA) is 77.8 Å². The zero-order chi connectivity index (χ0) is 17.4. The van der Waals surface area contributed by atoms with Crippen LogP contribution in [-0.2, 0) is 4.79 Å². The highest BCUT2D eigenvalue weighted by Crippen LogP contribution is 2.72. The average molecular weight is 336 g/mol. The third-order valence-corrected chi connectivity index (χ3v) is 9.08. The van der Waals surface area contributed by atoms with Gasteiger partial charge in [-0.25, -0.2) is 0 Å². The van der Waals surface area contributed by atoms with Crippen LogP contribution in [0.1, 0.15) is 71.6 Å². The van der Waals surface area contributed by atoms with Crippen molar-refractivity contribution in [2.24, 2.45) is 34.0 Å². The molecular formula is C20H32O4. The molecule has 0 aromatic rings. The molecule has 3 N–H and O–H groups in total. The van der Waals surface area contributed by atoms with Crippen molar-refractivity contribution >= 4 is 5.97 Å². The lowest BCUT2D eigenvalue weighted by atomic mass is 9.41. The second kappa shape index (κ2) is 4.97. The molecule has 7 atom stereocenters. The number of hydrogen-bond acceptors (Lipinski definition) is 3. The number of aliphatic hydroxyl groups excluding tert-OH is 1. The summed E-state index contributed by atoms with van der Waals surface area (Å²) in [6, 6.07) is 0. The molecule has 4 fully saturated rings. The van der Waals surface area contributed by atoms with Gasteiger partial charge < -0.3 is 15.3 Å². The highest BCUT2D eigenvalue weighted by atomic mass is 16.4. The second-order valence-corrected chi connectivity index (χ2v) is 10.0. The molecule has 0 saturated heterocycles. The summed E-state index contributed by atoms with van der Waals surface area (Å²) < 4.78 is 0. The predicted molar refractivity (Wildman–Crippen MR) is 90.3 cm³/mol. The lowest BCUT2D eigenvalue weighted by Crippen LogP contribution is -2.58. The Hall–Kier alpha value is -0.610. The van der Waals surface area contributed by atoms with Gasteiger partial charge >= 0.3 is 5.97 Å². The van der Waals surface area contributed by atoms with E-state index < -0.39 is 17.0 Å². The summed E-state index contributed by atoms with van der Waals surface area (Å²) >= 11 is 0. The van der Waals surface area contributed by atoms with Gasteiger partial charge in [-0.3, -0.25) is 4.79 Å². The summed E-state index contributed by atoms with van der Waals surface area (Å²) in [6.45, 7) is 4.19. The van der Waals surface area contributed by atoms with E-state index >= 15 is 0 Å². The zero-order valence-corrected chi connectivity index (χ0v) is 15.1. The van der Waals surface area contributed by atoms with Crippen LogP contribution in [0.5, 0.6) is 0 Å². The molecule has 0 unspecified atom stereocenters. The van der Waals surface area contributed by atoms with Crippen LogP contribution in [0.4, 0.5) is 0 Å². The van der Waals surface area contributed by atoms with E-state index in [-0.39, 0.29) is 29.3 Å². The largest absolute Gasteiger partial charge is 0.481 e. The first-order valence-electron chi connectivity index (χ1n) is 9.77. The standard InChI is InChI=1S/C20H32O4/c1-17-7-3-8-18(2,16(22)23)14(17)6-9-19-10-13(4-5-15(17)19)20(24,11-19)12-21/h13-15,21,24H,3-12H2,1-2H3,(H,22,23)/t13-,14-,15+,17-,18-,19+,20+/m1/s1. The fourth-order valence-corrected chi connectivity index (χ4v) is 8.06. The van der Waals surface area contributed by atoms with Crippen molar-refractivity contribution in [1.82, 2.24) is 0 Å². The molecule has 4 saturated carbocycles. The molecule has 24 heavy (non-hydrogen) atoms. The highest BCUT2D eigenvalue weighted by Gasteiger charge is 2.68. The highest BCUT2D eigenvalue weighted by molar-refractivity contribution is 5.75. The molecule has 1 spiro atoms. The average Bonchev–Trinajstić information content (AvgIpc) is 2.73. The van der Waals surface area contributed by atoms with E-state index in [1.165, 1.54) is 0 Å². The zero-order valence-electron chi connectivity index (χ0n) is 15.1. The maximum atomic E-state index is 12.1. The number of carboxylic acids is 1. The van der Waals surface area contributed by atoms with Crippen LogP contribution in [0.15, 0.2) is 0 Å². The molecule has 4 nitrogen and oxygen atoms in total. The molecule has 4 heteroatoms. The van der Waals surface area contributed by atoms with E-state index in [9.17, 15) is 20.1 Å². The quantitative estimate of drug-likeness (QED) is 0.723. The van der Waals surface area contributed by atoms with Crippen LogP contribution < -0.4 is 0 Å². The third-order valence-electron chi connectivity index (χ3n) is 9.08. The minimum atomic E-state index is -0.900. The van der Waals surface area contributed by atoms with Crippen molar-refractivity contribution in [3.8, 4) is 0 Å². The monoisotopic (exact) mass is 336 g/mol. The second-order valence-electron chi connectivity index (χ2n) is 10.0. The fourth-order valence-electron chi connectivity index (χ4n) is 8.06. The van der Waals surface area contributed by atoms with Gasteiger partial charge in [0.05, 0.1) is 17.6 Å². The summed E-state index contributed by atoms with van der Waals surface area (Å²) in [5, 5.41) is 30.6. The van der Waals surface area contributed by atoms with E-state index in [1.54, 1.807) is 0 Å². The van der Waals surface area contributed by atoms with Crippen molar-refractivity contribution in [2.75, 3.05) is 6.61 Å². The summed E-state index contributed by atoms with van der Waals surface area (Å²) in [4.78, 5) is 12.1. The first kappa shape index (κ1) is 16.8. The Bertz CT molecular complexity index is 562. The molecule has 0 aromatic heterocycles. The van der Waals surface area contributed by atoms with E-state index in [0.29, 0.717) is 5.92 Å². The van der Waals surface area contributed by atoms with Gasteiger partial charge in [0.25, 0.3) is 0 Å². The maximum Gasteiger partial charge on any atom is 0.309 e. The van der Waals surface area contributed by atoms with Gasteiger partial charge in [-0.15, -0.1) is 0 Å². The van der Waals surface area contributed by atoms with Gasteiger partial charge in [-0.2, -0.15) is 0 Å². The summed E-state index contributed by atoms with van der Waals surface area (Å²) in [6.07, 6.45) is 8.73. The molecule has 0 radical (unpaired) electrons. The van der Waals surface area contributed by atoms with Crippen molar-refractivity contribution in [3.63, 3.8) is 0 Å². The van der Waals surface area contributed by atoms with Crippen LogP contribution in [0.3, 0.4) is 0 Å². The Morgan fingerprint density at radius 2 is 1.83 bits per heavy atom. The van der Waals surface area contributed by atoms with Gasteiger partial charge in [0, 0.05) is 0 Å². The lowest BCUT2D eigenvalue weighted by molar-refractivity contribution is -0.181. The summed E-state index contributed by atoms with van der Waals surface area (Å²) in [7, 11) is 0. The van der Waals surface area contributed by atoms with Crippen molar-refractivity contribution < 1.29 is 20.1 Å². The minimum absolute atomic E-state index is 0.0648. The van der Waals surface area contributed by atoms with Crippen LogP contribution in [0, 0.1) is 34.0 Å². The molecule has 4 aliphatic rings. The lowest BCUT2D eigenvalue weighted by Gasteiger charge is -2.63. The van der Waals surface area contributed by atoms with Gasteiger partial charge in [0.15, 0.2) is 0 Å². The number of aliphatic carboxylic acids is 1. The Morgan fingerprint density at radius 1 is 1.08 bits per heavy atom. The first-order valence-corrected chi connectivity index (χ1v) is 9.77. The number of carbonyl (C=O) groups is 1. The van der Waals surface area contributed by atoms with Crippen molar-refractivity contribution in [2.45, 2.75) is 77.2 Å². The molecule has 0 aliphatic heterocycles. The van der Waals surface area contributed by atoms with Gasteiger partial charge in [0.1, 0.15) is 0 Å². The van der Waals surface area contributed by atoms with Crippen LogP contribution >= 0.6 is 0 Å². The smallest absolute Gasteiger partial charge is 0.309 e. The van der Waals surface area contributed by atoms with Gasteiger partial charge in [-0.05, 0) is 86.9 Å². The van der Waals surface area contributed by atoms with Gasteiger partial charge in [0.2, 0.25) is 0 Å². The Balaban J connectivity index is 1.73. The number of hydrogen-bond donors (Lipinski definition) is 3. The van der Waals surface area contributed by atoms with Crippen LogP contribution in [0.25, 0.3) is 0 Å². The van der Waals surface area contributed by atoms with E-state index in [1.807, 2.05) is 6.92 Å². The summed E-state index contributed by atoms with van der Waals surface area (Å²) in [5.41, 5.74) is -1.31. The fraction of sp³-hybridized carbons (Fsp3) is 0.950. The minimum Gasteiger partial charge on any atom is -0.481 e. The van der Waals surface area contributed by atoms with E-state index in [2.05, 4.69) is 6.92 Å². The first-order chi connectivity index (χ1) is 11.2. The van der Waals surface area contributed by atoms with E-state index in [0.717, 1.165) is 57.8 Å². The van der Waals surface area contributed by atoms with Crippen LogP contribution in [0.2, 0.25) is 0 Å². The number of aliphatic hydroxyl groups is 2. The molecule has 0 aromatic carbocycles. The molecule has 4 rings (SSSR count). The SMILES string of the molecule is C[C@@]12CCC[C@@](C)(C(=O)O)[C@@H]1CC[C@@]13C[C@@H](CC[C@H]12)[C@@](O)(CO)C3. The van der Waals surface area contributed by atoms with Crippen molar-refractivity contribution in [3.05, 3.63) is 0 Å². The van der Waals surface area contributed by atoms with Crippen LogP contribution in [-0.4, -0.2) is 33.5 Å². The number of carboxylic acid groups (broad SMARTS) is 1. The number of rotatable bonds is 2. The Labute approximate surface area is 144 Å². The Kier molecular flexibility index (Phi) is 3.49. The molecule has 4 aliphatic carbocycles. The molecular weight excluding hydrogens is 304 g/mol. The Morgan fingerprint density at radius 3 is 2.50 bits per heavy atom. The maximum absolute atomic E-state index is 12.1. The molecule has 2 bridgehead atoms. The molecule has 0 amide bonds. The normalized spacial score (nSPS) is 56.4. The summed E-state index contributed by atoms with van der Waals surface area (Å²) in [5.74, 6) is 0.348. The third kappa shape index (κ3) is 1.90. The number of fused-ring (bicyclic) bond motifs is 3. The van der Waals surface area contributed by atoms with Crippen molar-refractivity contribution in [1.29, 1.82) is 0 Å². The van der Waals surface area contributed by atoms with E-state index in [4.69, 9.17) is 0 Å². The predicted octanol–water partition coefficient (Wildman–Crippen LogP) is 3.21. The molecule has 0 heterocycles. The van der Waals surface area contributed by atoms with Gasteiger partial charge in [-0.1, -0.05) is 13.3 Å². The molecule has 136 valence electrons.